The largest absolute Gasteiger partial charge is 0.382 e. The molecule has 0 amide bonds. The van der Waals surface area contributed by atoms with Gasteiger partial charge in [-0.2, -0.15) is 0 Å². The molecule has 0 bridgehead atoms. The number of benzene rings is 1. The van der Waals surface area contributed by atoms with Gasteiger partial charge >= 0.3 is 0 Å². The van der Waals surface area contributed by atoms with Gasteiger partial charge in [-0.15, -0.1) is 36.2 Å². The zero-order chi connectivity index (χ0) is 23.5. The molecule has 196 valence electrons. The summed E-state index contributed by atoms with van der Waals surface area (Å²) < 4.78 is 13.2. The number of hydrogen-bond acceptors (Lipinski definition) is 7. The van der Waals surface area contributed by atoms with E-state index >= 15 is 0 Å². The van der Waals surface area contributed by atoms with Crippen molar-refractivity contribution in [2.45, 2.75) is 51.4 Å². The van der Waals surface area contributed by atoms with E-state index < -0.39 is 0 Å². The van der Waals surface area contributed by atoms with Crippen molar-refractivity contribution in [3.8, 4) is 10.6 Å². The molecule has 0 unspecified atom stereocenters. The third-order valence-electron chi connectivity index (χ3n) is 6.59. The number of rotatable bonds is 6. The van der Waals surface area contributed by atoms with Crippen LogP contribution in [0, 0.1) is 5.82 Å². The highest BCUT2D eigenvalue weighted by Crippen LogP contribution is 2.34. The van der Waals surface area contributed by atoms with Crippen LogP contribution in [-0.4, -0.2) is 59.2 Å². The van der Waals surface area contributed by atoms with Crippen LogP contribution in [0.4, 0.5) is 15.9 Å². The van der Waals surface area contributed by atoms with Crippen molar-refractivity contribution >= 4 is 47.7 Å². The summed E-state index contributed by atoms with van der Waals surface area (Å²) in [5.41, 5.74) is 2.09. The second kappa shape index (κ2) is 13.0. The Kier molecular flexibility index (Phi) is 10.3. The molecule has 2 aliphatic rings. The van der Waals surface area contributed by atoms with Crippen LogP contribution in [0.5, 0.6) is 0 Å². The van der Waals surface area contributed by atoms with E-state index in [9.17, 15) is 4.39 Å². The van der Waals surface area contributed by atoms with Crippen molar-refractivity contribution in [1.29, 1.82) is 0 Å². The van der Waals surface area contributed by atoms with Gasteiger partial charge < -0.3 is 15.5 Å². The van der Waals surface area contributed by atoms with E-state index in [1.165, 1.54) is 17.0 Å². The van der Waals surface area contributed by atoms with Gasteiger partial charge in [0, 0.05) is 73.8 Å². The molecule has 0 saturated carbocycles. The predicted molar refractivity (Wildman–Crippen MR) is 152 cm³/mol. The quantitative estimate of drug-likeness (QED) is 0.424. The summed E-state index contributed by atoms with van der Waals surface area (Å²) in [6.07, 6.45) is 5.93. The first-order chi connectivity index (χ1) is 16.5. The van der Waals surface area contributed by atoms with Gasteiger partial charge in [0.05, 0.1) is 5.56 Å². The summed E-state index contributed by atoms with van der Waals surface area (Å²) in [5, 5.41) is 8.19. The summed E-state index contributed by atoms with van der Waals surface area (Å²) in [5.74, 6) is 0.818. The molecule has 0 aliphatic carbocycles. The SMILES string of the molecule is C[C@@H]1CN(Cc2cnc(-c3cccnc3N3CCC(Nc4ccc(F)cc4)CC3)s2)C[C@H](C)N1.Cl.Cl. The number of aromatic nitrogens is 2. The lowest BCUT2D eigenvalue weighted by atomic mass is 10.0. The van der Waals surface area contributed by atoms with Crippen molar-refractivity contribution in [2.24, 2.45) is 0 Å². The molecule has 2 aromatic heterocycles. The molecule has 2 saturated heterocycles. The van der Waals surface area contributed by atoms with Crippen molar-refractivity contribution in [2.75, 3.05) is 36.4 Å². The number of thiazole rings is 1. The minimum absolute atomic E-state index is 0. The highest BCUT2D eigenvalue weighted by molar-refractivity contribution is 7.15. The number of nitrogens with zero attached hydrogens (tertiary/aromatic N) is 4. The molecular formula is C26H35Cl2FN6S. The van der Waals surface area contributed by atoms with Crippen molar-refractivity contribution in [3.05, 3.63) is 59.5 Å². The summed E-state index contributed by atoms with van der Waals surface area (Å²) in [6, 6.07) is 12.2. The van der Waals surface area contributed by atoms with E-state index in [0.717, 1.165) is 67.6 Å². The highest BCUT2D eigenvalue weighted by atomic mass is 35.5. The minimum atomic E-state index is -0.203. The van der Waals surface area contributed by atoms with E-state index in [1.54, 1.807) is 23.5 Å². The van der Waals surface area contributed by atoms with Crippen LogP contribution in [0.3, 0.4) is 0 Å². The van der Waals surface area contributed by atoms with Gasteiger partial charge in [0.15, 0.2) is 0 Å². The van der Waals surface area contributed by atoms with Gasteiger partial charge in [-0.1, -0.05) is 0 Å². The number of halogens is 3. The normalized spacial score (nSPS) is 20.9. The maximum atomic E-state index is 13.2. The van der Waals surface area contributed by atoms with Crippen LogP contribution in [0.2, 0.25) is 0 Å². The Balaban J connectivity index is 0.00000180. The third-order valence-corrected chi connectivity index (χ3v) is 7.61. The van der Waals surface area contributed by atoms with Gasteiger partial charge in [0.1, 0.15) is 16.6 Å². The number of pyridine rings is 1. The van der Waals surface area contributed by atoms with Crippen molar-refractivity contribution in [1.82, 2.24) is 20.2 Å². The maximum Gasteiger partial charge on any atom is 0.138 e. The average molecular weight is 554 g/mol. The zero-order valence-corrected chi connectivity index (χ0v) is 23.1. The van der Waals surface area contributed by atoms with Crippen LogP contribution in [-0.2, 0) is 6.54 Å². The van der Waals surface area contributed by atoms with Crippen LogP contribution >= 0.6 is 36.2 Å². The summed E-state index contributed by atoms with van der Waals surface area (Å²) >= 11 is 1.78. The molecule has 2 N–H and O–H groups in total. The molecule has 6 nitrogen and oxygen atoms in total. The Labute approximate surface area is 229 Å². The molecule has 2 atom stereocenters. The fourth-order valence-corrected chi connectivity index (χ4v) is 6.10. The summed E-state index contributed by atoms with van der Waals surface area (Å²) in [4.78, 5) is 15.7. The molecule has 2 fully saturated rings. The number of piperazine rings is 1. The number of hydrogen-bond donors (Lipinski definition) is 2. The van der Waals surface area contributed by atoms with Crippen LogP contribution in [0.15, 0.2) is 48.8 Å². The molecule has 1 aromatic carbocycles. The zero-order valence-electron chi connectivity index (χ0n) is 20.7. The highest BCUT2D eigenvalue weighted by Gasteiger charge is 2.24. The maximum absolute atomic E-state index is 13.2. The van der Waals surface area contributed by atoms with Gasteiger partial charge in [-0.25, -0.2) is 14.4 Å². The van der Waals surface area contributed by atoms with Gasteiger partial charge in [0.25, 0.3) is 0 Å². The second-order valence-corrected chi connectivity index (χ2v) is 10.7. The lowest BCUT2D eigenvalue weighted by Crippen LogP contribution is -2.53. The van der Waals surface area contributed by atoms with Gasteiger partial charge in [0.2, 0.25) is 0 Å². The molecule has 2 aliphatic heterocycles. The van der Waals surface area contributed by atoms with Crippen LogP contribution < -0.4 is 15.5 Å². The number of nitrogens with one attached hydrogen (secondary N) is 2. The molecule has 36 heavy (non-hydrogen) atoms. The van der Waals surface area contributed by atoms with E-state index in [2.05, 4.69) is 40.3 Å². The monoisotopic (exact) mass is 552 g/mol. The Morgan fingerprint density at radius 3 is 2.42 bits per heavy atom. The van der Waals surface area contributed by atoms with Gasteiger partial charge in [-0.05, 0) is 63.1 Å². The minimum Gasteiger partial charge on any atom is -0.382 e. The molecule has 3 aromatic rings. The number of anilines is 2. The second-order valence-electron chi connectivity index (χ2n) is 9.58. The first kappa shape index (κ1) is 28.6. The molecule has 0 spiro atoms. The fourth-order valence-electron chi connectivity index (χ4n) is 5.13. The van der Waals surface area contributed by atoms with E-state index in [1.807, 2.05) is 18.5 Å². The Morgan fingerprint density at radius 1 is 1.03 bits per heavy atom. The smallest absolute Gasteiger partial charge is 0.138 e. The van der Waals surface area contributed by atoms with Crippen LogP contribution in [0.1, 0.15) is 31.6 Å². The van der Waals surface area contributed by atoms with E-state index in [4.69, 9.17) is 9.97 Å². The Morgan fingerprint density at radius 2 is 1.72 bits per heavy atom. The van der Waals surface area contributed by atoms with Crippen molar-refractivity contribution in [3.63, 3.8) is 0 Å². The summed E-state index contributed by atoms with van der Waals surface area (Å²) in [6.45, 7) is 9.44. The summed E-state index contributed by atoms with van der Waals surface area (Å²) in [7, 11) is 0. The van der Waals surface area contributed by atoms with Crippen molar-refractivity contribution < 1.29 is 4.39 Å². The number of piperidine rings is 1. The average Bonchev–Trinajstić information content (AvgIpc) is 3.29. The lowest BCUT2D eigenvalue weighted by Gasteiger charge is -2.35. The molecular weight excluding hydrogens is 518 g/mol. The van der Waals surface area contributed by atoms with E-state index in [0.29, 0.717) is 18.1 Å². The predicted octanol–water partition coefficient (Wildman–Crippen LogP) is 5.45. The Bertz CT molecular complexity index is 1080. The standard InChI is InChI=1S/C26H33FN6S.2ClH/c1-18-15-32(16-19(2)30-18)17-23-14-29-26(34-23)24-4-3-11-28-25(24)33-12-9-22(10-13-33)31-21-7-5-20(27)6-8-21;;/h3-8,11,14,18-19,22,30-31H,9-10,12-13,15-17H2,1-2H3;2*1H/t18-,19+;;. The molecule has 0 radical (unpaired) electrons. The first-order valence-corrected chi connectivity index (χ1v) is 13.0. The first-order valence-electron chi connectivity index (χ1n) is 12.2. The topological polar surface area (TPSA) is 56.3 Å². The molecule has 4 heterocycles. The molecule has 5 rings (SSSR count). The molecule has 10 heteroatoms. The fraction of sp³-hybridized carbons (Fsp3) is 0.462. The Hall–Kier alpha value is -1.97. The van der Waals surface area contributed by atoms with Crippen LogP contribution in [0.25, 0.3) is 10.6 Å². The third kappa shape index (κ3) is 7.07. The lowest BCUT2D eigenvalue weighted by molar-refractivity contribution is 0.168. The van der Waals surface area contributed by atoms with E-state index in [-0.39, 0.29) is 30.6 Å². The van der Waals surface area contributed by atoms with Gasteiger partial charge in [-0.3, -0.25) is 4.90 Å².